The summed E-state index contributed by atoms with van der Waals surface area (Å²) >= 11 is 0. The van der Waals surface area contributed by atoms with Gasteiger partial charge in [0.25, 0.3) is 5.91 Å². The average Bonchev–Trinajstić information content (AvgIpc) is 2.36. The molecule has 1 aromatic rings. The number of carbonyl (C=O) groups excluding carboxylic acids is 1. The van der Waals surface area contributed by atoms with Crippen LogP contribution in [-0.2, 0) is 0 Å². The van der Waals surface area contributed by atoms with E-state index in [1.165, 1.54) is 6.42 Å². The molecule has 4 heteroatoms. The average molecular weight is 264 g/mol. The second-order valence-electron chi connectivity index (χ2n) is 5.14. The Bertz CT molecular complexity index is 417. The first-order valence-electron chi connectivity index (χ1n) is 6.75. The highest BCUT2D eigenvalue weighted by Gasteiger charge is 2.07. The monoisotopic (exact) mass is 264 g/mol. The second-order valence-corrected chi connectivity index (χ2v) is 5.14. The molecule has 1 aromatic carbocycles. The first-order valence-corrected chi connectivity index (χ1v) is 6.75. The maximum atomic E-state index is 11.9. The highest BCUT2D eigenvalue weighted by Crippen LogP contribution is 2.18. The second kappa shape index (κ2) is 7.67. The number of benzene rings is 1. The highest BCUT2D eigenvalue weighted by atomic mass is 16.5. The summed E-state index contributed by atoms with van der Waals surface area (Å²) in [7, 11) is 1.56. The Morgan fingerprint density at radius 1 is 1.32 bits per heavy atom. The summed E-state index contributed by atoms with van der Waals surface area (Å²) in [5.74, 6) is 1.22. The van der Waals surface area contributed by atoms with Gasteiger partial charge in [0.05, 0.1) is 7.11 Å². The number of nitrogens with one attached hydrogen (secondary N) is 1. The van der Waals surface area contributed by atoms with Crippen molar-refractivity contribution in [1.82, 2.24) is 5.32 Å². The zero-order chi connectivity index (χ0) is 14.3. The summed E-state index contributed by atoms with van der Waals surface area (Å²) in [4.78, 5) is 11.9. The Labute approximate surface area is 115 Å². The van der Waals surface area contributed by atoms with Gasteiger partial charge in [0.1, 0.15) is 5.75 Å². The van der Waals surface area contributed by atoms with Gasteiger partial charge in [-0.25, -0.2) is 0 Å². The molecule has 4 nitrogen and oxygen atoms in total. The van der Waals surface area contributed by atoms with Crippen molar-refractivity contribution in [2.45, 2.75) is 33.1 Å². The fourth-order valence-corrected chi connectivity index (χ4v) is 1.85. The van der Waals surface area contributed by atoms with Crippen molar-refractivity contribution in [1.29, 1.82) is 0 Å². The van der Waals surface area contributed by atoms with Gasteiger partial charge >= 0.3 is 0 Å². The van der Waals surface area contributed by atoms with Crippen LogP contribution >= 0.6 is 0 Å². The van der Waals surface area contributed by atoms with Gasteiger partial charge in [0, 0.05) is 23.9 Å². The van der Waals surface area contributed by atoms with E-state index in [2.05, 4.69) is 19.2 Å². The minimum atomic E-state index is -0.102. The molecule has 0 aliphatic heterocycles. The van der Waals surface area contributed by atoms with Gasteiger partial charge in [-0.15, -0.1) is 0 Å². The number of ether oxygens (including phenoxy) is 1. The van der Waals surface area contributed by atoms with Gasteiger partial charge in [-0.1, -0.05) is 26.7 Å². The van der Waals surface area contributed by atoms with Crippen LogP contribution in [0.4, 0.5) is 5.69 Å². The lowest BCUT2D eigenvalue weighted by Crippen LogP contribution is -2.24. The molecule has 3 N–H and O–H groups in total. The zero-order valence-electron chi connectivity index (χ0n) is 12.0. The van der Waals surface area contributed by atoms with E-state index in [0.717, 1.165) is 12.8 Å². The van der Waals surface area contributed by atoms with Crippen molar-refractivity contribution in [2.75, 3.05) is 19.4 Å². The molecule has 0 fully saturated rings. The van der Waals surface area contributed by atoms with Crippen molar-refractivity contribution in [3.8, 4) is 5.75 Å². The molecule has 0 spiro atoms. The Hall–Kier alpha value is -1.71. The molecule has 0 atom stereocenters. The van der Waals surface area contributed by atoms with Crippen LogP contribution in [-0.4, -0.2) is 19.6 Å². The number of unbranched alkanes of at least 4 members (excludes halogenated alkanes) is 1. The van der Waals surface area contributed by atoms with Gasteiger partial charge in [-0.3, -0.25) is 4.79 Å². The third kappa shape index (κ3) is 5.64. The Balaban J connectivity index is 2.43. The fourth-order valence-electron chi connectivity index (χ4n) is 1.85. The number of hydrogen-bond donors (Lipinski definition) is 2. The predicted molar refractivity (Wildman–Crippen MR) is 78.4 cm³/mol. The van der Waals surface area contributed by atoms with E-state index in [0.29, 0.717) is 29.5 Å². The van der Waals surface area contributed by atoms with Crippen LogP contribution in [0.25, 0.3) is 0 Å². The smallest absolute Gasteiger partial charge is 0.251 e. The van der Waals surface area contributed by atoms with E-state index < -0.39 is 0 Å². The number of amides is 1. The van der Waals surface area contributed by atoms with E-state index >= 15 is 0 Å². The molecule has 0 unspecified atom stereocenters. The molecule has 1 rings (SSSR count). The lowest BCUT2D eigenvalue weighted by molar-refractivity contribution is 0.0952. The van der Waals surface area contributed by atoms with Crippen molar-refractivity contribution < 1.29 is 9.53 Å². The molecular weight excluding hydrogens is 240 g/mol. The quantitative estimate of drug-likeness (QED) is 0.588. The van der Waals surface area contributed by atoms with Gasteiger partial charge in [-0.2, -0.15) is 0 Å². The molecule has 0 aromatic heterocycles. The number of nitrogen functional groups attached to an aromatic ring is 1. The standard InChI is InChI=1S/C15H24N2O2/c1-11(2)6-4-5-7-17-15(18)12-8-13(16)10-14(9-12)19-3/h8-11H,4-7,16H2,1-3H3,(H,17,18). The summed E-state index contributed by atoms with van der Waals surface area (Å²) in [5.41, 5.74) is 6.80. The van der Waals surface area contributed by atoms with Gasteiger partial charge in [-0.05, 0) is 24.5 Å². The van der Waals surface area contributed by atoms with E-state index in [4.69, 9.17) is 10.5 Å². The summed E-state index contributed by atoms with van der Waals surface area (Å²) in [6, 6.07) is 5.05. The van der Waals surface area contributed by atoms with Crippen LogP contribution in [0.15, 0.2) is 18.2 Å². The van der Waals surface area contributed by atoms with E-state index in [1.807, 2.05) is 0 Å². The molecule has 19 heavy (non-hydrogen) atoms. The van der Waals surface area contributed by atoms with Crippen molar-refractivity contribution in [2.24, 2.45) is 5.92 Å². The predicted octanol–water partition coefficient (Wildman–Crippen LogP) is 2.83. The number of methoxy groups -OCH3 is 1. The molecule has 0 saturated heterocycles. The number of hydrogen-bond acceptors (Lipinski definition) is 3. The molecule has 0 aliphatic rings. The van der Waals surface area contributed by atoms with Crippen LogP contribution in [0.3, 0.4) is 0 Å². The van der Waals surface area contributed by atoms with Crippen molar-refractivity contribution in [3.05, 3.63) is 23.8 Å². The highest BCUT2D eigenvalue weighted by molar-refractivity contribution is 5.95. The lowest BCUT2D eigenvalue weighted by atomic mass is 10.1. The maximum Gasteiger partial charge on any atom is 0.251 e. The SMILES string of the molecule is COc1cc(N)cc(C(=O)NCCCCC(C)C)c1. The number of anilines is 1. The number of rotatable bonds is 7. The van der Waals surface area contributed by atoms with E-state index in [-0.39, 0.29) is 5.91 Å². The van der Waals surface area contributed by atoms with Crippen LogP contribution in [0, 0.1) is 5.92 Å². The summed E-state index contributed by atoms with van der Waals surface area (Å²) in [6.07, 6.45) is 3.34. The van der Waals surface area contributed by atoms with Crippen LogP contribution in [0.1, 0.15) is 43.5 Å². The first kappa shape index (κ1) is 15.3. The third-order valence-corrected chi connectivity index (χ3v) is 2.92. The molecular formula is C15H24N2O2. The summed E-state index contributed by atoms with van der Waals surface area (Å²) in [5, 5.41) is 2.90. The van der Waals surface area contributed by atoms with Crippen molar-refractivity contribution in [3.63, 3.8) is 0 Å². The van der Waals surface area contributed by atoms with Crippen LogP contribution in [0.2, 0.25) is 0 Å². The molecule has 0 radical (unpaired) electrons. The molecule has 0 heterocycles. The fraction of sp³-hybridized carbons (Fsp3) is 0.533. The van der Waals surface area contributed by atoms with E-state index in [9.17, 15) is 4.79 Å². The first-order chi connectivity index (χ1) is 9.02. The lowest BCUT2D eigenvalue weighted by Gasteiger charge is -2.08. The van der Waals surface area contributed by atoms with Crippen molar-refractivity contribution >= 4 is 11.6 Å². The number of carbonyl (C=O) groups is 1. The zero-order valence-corrected chi connectivity index (χ0v) is 12.0. The summed E-state index contributed by atoms with van der Waals surface area (Å²) in [6.45, 7) is 5.11. The molecule has 1 amide bonds. The van der Waals surface area contributed by atoms with Gasteiger partial charge < -0.3 is 15.8 Å². The number of nitrogens with two attached hydrogens (primary N) is 1. The summed E-state index contributed by atoms with van der Waals surface area (Å²) < 4.78 is 5.10. The molecule has 0 bridgehead atoms. The van der Waals surface area contributed by atoms with Gasteiger partial charge in [0.2, 0.25) is 0 Å². The largest absolute Gasteiger partial charge is 0.497 e. The Kier molecular flexibility index (Phi) is 6.19. The normalized spacial score (nSPS) is 10.5. The Morgan fingerprint density at radius 2 is 2.05 bits per heavy atom. The Morgan fingerprint density at radius 3 is 2.68 bits per heavy atom. The topological polar surface area (TPSA) is 64.3 Å². The van der Waals surface area contributed by atoms with E-state index in [1.54, 1.807) is 25.3 Å². The van der Waals surface area contributed by atoms with Crippen LogP contribution in [0.5, 0.6) is 5.75 Å². The molecule has 106 valence electrons. The molecule has 0 saturated carbocycles. The minimum Gasteiger partial charge on any atom is -0.497 e. The third-order valence-electron chi connectivity index (χ3n) is 2.92. The minimum absolute atomic E-state index is 0.102. The van der Waals surface area contributed by atoms with Gasteiger partial charge in [0.15, 0.2) is 0 Å². The van der Waals surface area contributed by atoms with Crippen LogP contribution < -0.4 is 15.8 Å². The molecule has 0 aliphatic carbocycles. The maximum absolute atomic E-state index is 11.9.